The molecule has 1 N–H and O–H groups in total. The summed E-state index contributed by atoms with van der Waals surface area (Å²) in [5.74, 6) is 0.348. The molecule has 0 aliphatic carbocycles. The number of hydrogen-bond donors (Lipinski definition) is 1. The number of likely N-dealkylation sites (tertiary alicyclic amines) is 2. The second-order valence-corrected chi connectivity index (χ2v) is 6.37. The quantitative estimate of drug-likeness (QED) is 0.903. The van der Waals surface area contributed by atoms with Crippen LogP contribution >= 0.6 is 0 Å². The van der Waals surface area contributed by atoms with Gasteiger partial charge in [-0.2, -0.15) is 0 Å². The number of carbonyl (C=O) groups excluding carboxylic acids is 1. The van der Waals surface area contributed by atoms with Crippen LogP contribution < -0.4 is 0 Å². The Bertz CT molecular complexity index is 484. The number of aromatic amines is 1. The van der Waals surface area contributed by atoms with Crippen LogP contribution in [-0.2, 0) is 11.3 Å². The van der Waals surface area contributed by atoms with Crippen LogP contribution in [0.3, 0.4) is 0 Å². The highest BCUT2D eigenvalue weighted by Crippen LogP contribution is 2.23. The first-order chi connectivity index (χ1) is 10.2. The van der Waals surface area contributed by atoms with Crippen molar-refractivity contribution in [3.63, 3.8) is 0 Å². The lowest BCUT2D eigenvalue weighted by molar-refractivity contribution is -0.127. The maximum absolute atomic E-state index is 11.7. The van der Waals surface area contributed by atoms with Crippen molar-refractivity contribution in [3.8, 4) is 0 Å². The molecule has 3 heterocycles. The van der Waals surface area contributed by atoms with Crippen LogP contribution in [0.25, 0.3) is 0 Å². The van der Waals surface area contributed by atoms with E-state index >= 15 is 0 Å². The highest BCUT2D eigenvalue weighted by Gasteiger charge is 2.26. The van der Waals surface area contributed by atoms with Crippen molar-refractivity contribution < 1.29 is 4.79 Å². The first-order valence-corrected chi connectivity index (χ1v) is 8.24. The van der Waals surface area contributed by atoms with E-state index in [9.17, 15) is 4.79 Å². The van der Waals surface area contributed by atoms with E-state index < -0.39 is 0 Å². The first-order valence-electron chi connectivity index (χ1n) is 8.24. The van der Waals surface area contributed by atoms with Crippen LogP contribution in [-0.4, -0.2) is 51.4 Å². The number of carbonyl (C=O) groups is 1. The number of rotatable bonds is 5. The molecule has 5 heteroatoms. The predicted molar refractivity (Wildman–Crippen MR) is 81.8 cm³/mol. The minimum Gasteiger partial charge on any atom is -0.348 e. The summed E-state index contributed by atoms with van der Waals surface area (Å²) < 4.78 is 0. The molecule has 0 spiro atoms. The van der Waals surface area contributed by atoms with Crippen LogP contribution in [0.2, 0.25) is 0 Å². The van der Waals surface area contributed by atoms with Gasteiger partial charge < -0.3 is 9.88 Å². The topological polar surface area (TPSA) is 52.2 Å². The molecule has 116 valence electrons. The molecule has 2 saturated heterocycles. The van der Waals surface area contributed by atoms with E-state index in [0.717, 1.165) is 45.4 Å². The van der Waals surface area contributed by atoms with Gasteiger partial charge in [-0.1, -0.05) is 6.42 Å². The lowest BCUT2D eigenvalue weighted by Crippen LogP contribution is -2.41. The molecule has 21 heavy (non-hydrogen) atoms. The van der Waals surface area contributed by atoms with Crippen molar-refractivity contribution in [2.45, 2.75) is 58.0 Å². The van der Waals surface area contributed by atoms with E-state index in [2.05, 4.69) is 21.8 Å². The zero-order chi connectivity index (χ0) is 14.7. The van der Waals surface area contributed by atoms with Crippen LogP contribution in [0.15, 0.2) is 6.33 Å². The summed E-state index contributed by atoms with van der Waals surface area (Å²) in [6, 6.07) is 0.600. The van der Waals surface area contributed by atoms with Gasteiger partial charge in [-0.3, -0.25) is 9.69 Å². The van der Waals surface area contributed by atoms with Crippen LogP contribution in [0.1, 0.15) is 49.9 Å². The Morgan fingerprint density at radius 2 is 2.24 bits per heavy atom. The van der Waals surface area contributed by atoms with Gasteiger partial charge in [-0.15, -0.1) is 0 Å². The van der Waals surface area contributed by atoms with E-state index in [1.54, 1.807) is 6.33 Å². The number of aromatic nitrogens is 2. The number of hydrogen-bond acceptors (Lipinski definition) is 3. The second kappa shape index (κ2) is 6.60. The standard InChI is InChI=1S/C16H26N4O/c1-13-15(18-12-17-13)11-20-8-3-2-5-14(20)7-10-19-9-4-6-16(19)21/h12,14H,2-11H2,1H3,(H,17,18). The minimum atomic E-state index is 0.348. The summed E-state index contributed by atoms with van der Waals surface area (Å²) in [6.45, 7) is 6.08. The lowest BCUT2D eigenvalue weighted by Gasteiger charge is -2.36. The van der Waals surface area contributed by atoms with Crippen LogP contribution in [0, 0.1) is 6.92 Å². The van der Waals surface area contributed by atoms with Crippen LogP contribution in [0.4, 0.5) is 0 Å². The highest BCUT2D eigenvalue weighted by atomic mass is 16.2. The fourth-order valence-electron chi connectivity index (χ4n) is 3.58. The van der Waals surface area contributed by atoms with Crippen molar-refractivity contribution >= 4 is 5.91 Å². The molecule has 0 aromatic carbocycles. The number of H-pyrrole nitrogens is 1. The fraction of sp³-hybridized carbons (Fsp3) is 0.750. The van der Waals surface area contributed by atoms with Crippen molar-refractivity contribution in [1.82, 2.24) is 19.8 Å². The number of amides is 1. The minimum absolute atomic E-state index is 0.348. The molecular weight excluding hydrogens is 264 g/mol. The Labute approximate surface area is 126 Å². The summed E-state index contributed by atoms with van der Waals surface area (Å²) in [6.07, 6.45) is 8.53. The molecule has 2 aliphatic heterocycles. The molecule has 1 unspecified atom stereocenters. The van der Waals surface area contributed by atoms with Gasteiger partial charge in [-0.05, 0) is 39.2 Å². The Balaban J connectivity index is 1.56. The largest absolute Gasteiger partial charge is 0.348 e. The molecule has 0 radical (unpaired) electrons. The third-order valence-electron chi connectivity index (χ3n) is 4.94. The van der Waals surface area contributed by atoms with Gasteiger partial charge in [0.05, 0.1) is 12.0 Å². The monoisotopic (exact) mass is 290 g/mol. The molecule has 1 aromatic heterocycles. The molecule has 1 amide bonds. The molecule has 1 atom stereocenters. The van der Waals surface area contributed by atoms with E-state index in [1.807, 2.05) is 4.90 Å². The molecule has 2 aliphatic rings. The summed E-state index contributed by atoms with van der Waals surface area (Å²) in [7, 11) is 0. The van der Waals surface area contributed by atoms with Gasteiger partial charge in [0.25, 0.3) is 0 Å². The molecule has 2 fully saturated rings. The fourth-order valence-corrected chi connectivity index (χ4v) is 3.58. The zero-order valence-electron chi connectivity index (χ0n) is 13.0. The molecule has 0 bridgehead atoms. The summed E-state index contributed by atoms with van der Waals surface area (Å²) in [4.78, 5) is 23.9. The SMILES string of the molecule is Cc1[nH]cnc1CN1CCCCC1CCN1CCCC1=O. The normalized spacial score (nSPS) is 24.0. The Kier molecular flexibility index (Phi) is 4.58. The number of nitrogens with one attached hydrogen (secondary N) is 1. The Hall–Kier alpha value is -1.36. The predicted octanol–water partition coefficient (Wildman–Crippen LogP) is 2.09. The smallest absolute Gasteiger partial charge is 0.222 e. The van der Waals surface area contributed by atoms with Gasteiger partial charge >= 0.3 is 0 Å². The molecule has 3 rings (SSSR count). The average Bonchev–Trinajstić information content (AvgIpc) is 3.07. The van der Waals surface area contributed by atoms with Crippen molar-refractivity contribution in [1.29, 1.82) is 0 Å². The summed E-state index contributed by atoms with van der Waals surface area (Å²) in [5, 5.41) is 0. The lowest BCUT2D eigenvalue weighted by atomic mass is 9.98. The Morgan fingerprint density at radius 1 is 1.33 bits per heavy atom. The van der Waals surface area contributed by atoms with Gasteiger partial charge in [0.2, 0.25) is 5.91 Å². The van der Waals surface area contributed by atoms with Crippen molar-refractivity contribution in [2.75, 3.05) is 19.6 Å². The van der Waals surface area contributed by atoms with Gasteiger partial charge in [0.15, 0.2) is 0 Å². The van der Waals surface area contributed by atoms with E-state index in [1.165, 1.54) is 30.7 Å². The number of imidazole rings is 1. The second-order valence-electron chi connectivity index (χ2n) is 6.37. The van der Waals surface area contributed by atoms with Crippen LogP contribution in [0.5, 0.6) is 0 Å². The average molecular weight is 290 g/mol. The third kappa shape index (κ3) is 3.46. The summed E-state index contributed by atoms with van der Waals surface area (Å²) >= 11 is 0. The van der Waals surface area contributed by atoms with Gasteiger partial charge in [0, 0.05) is 37.8 Å². The zero-order valence-corrected chi connectivity index (χ0v) is 13.0. The molecule has 0 saturated carbocycles. The van der Waals surface area contributed by atoms with E-state index in [0.29, 0.717) is 11.9 Å². The maximum atomic E-state index is 11.7. The molecular formula is C16H26N4O. The third-order valence-corrected chi connectivity index (χ3v) is 4.94. The maximum Gasteiger partial charge on any atom is 0.222 e. The van der Waals surface area contributed by atoms with Crippen molar-refractivity contribution in [3.05, 3.63) is 17.7 Å². The first kappa shape index (κ1) is 14.6. The van der Waals surface area contributed by atoms with Gasteiger partial charge in [0.1, 0.15) is 0 Å². The molecule has 5 nitrogen and oxygen atoms in total. The Morgan fingerprint density at radius 3 is 2.95 bits per heavy atom. The van der Waals surface area contributed by atoms with E-state index in [-0.39, 0.29) is 0 Å². The van der Waals surface area contributed by atoms with Gasteiger partial charge in [-0.25, -0.2) is 4.98 Å². The highest BCUT2D eigenvalue weighted by molar-refractivity contribution is 5.77. The van der Waals surface area contributed by atoms with E-state index in [4.69, 9.17) is 0 Å². The summed E-state index contributed by atoms with van der Waals surface area (Å²) in [5.41, 5.74) is 2.34. The van der Waals surface area contributed by atoms with Crippen molar-refractivity contribution in [2.24, 2.45) is 0 Å². The number of aryl methyl sites for hydroxylation is 1. The number of nitrogens with zero attached hydrogens (tertiary/aromatic N) is 3. The molecule has 1 aromatic rings. The number of piperidine rings is 1.